The number of nitrogens with one attached hydrogen (secondary N) is 1. The summed E-state index contributed by atoms with van der Waals surface area (Å²) in [5.74, 6) is -1.28. The Bertz CT molecular complexity index is 449. The van der Waals surface area contributed by atoms with E-state index >= 15 is 0 Å². The van der Waals surface area contributed by atoms with E-state index in [-0.39, 0.29) is 11.9 Å². The first-order valence-corrected chi connectivity index (χ1v) is 5.78. The first kappa shape index (κ1) is 12.5. The van der Waals surface area contributed by atoms with Gasteiger partial charge in [0.25, 0.3) is 5.91 Å². The lowest BCUT2D eigenvalue weighted by Gasteiger charge is -2.37. The summed E-state index contributed by atoms with van der Waals surface area (Å²) in [5.41, 5.74) is 0.415. The smallest absolute Gasteiger partial charge is 0.328 e. The molecular weight excluding hydrogens is 234 g/mol. The molecule has 6 heteroatoms. The van der Waals surface area contributed by atoms with Crippen LogP contribution in [0.2, 0.25) is 0 Å². The van der Waals surface area contributed by atoms with E-state index in [0.717, 1.165) is 0 Å². The molecule has 1 aromatic rings. The molecule has 0 bridgehead atoms. The maximum atomic E-state index is 12.3. The van der Waals surface area contributed by atoms with E-state index in [1.54, 1.807) is 25.3 Å². The molecule has 1 aromatic heterocycles. The number of pyridine rings is 1. The molecule has 1 fully saturated rings. The monoisotopic (exact) mass is 249 g/mol. The van der Waals surface area contributed by atoms with Crippen LogP contribution in [-0.2, 0) is 4.79 Å². The van der Waals surface area contributed by atoms with Gasteiger partial charge in [0.15, 0.2) is 0 Å². The number of hydrogen-bond donors (Lipinski definition) is 2. The quantitative estimate of drug-likeness (QED) is 0.769. The molecule has 0 aromatic carbocycles. The summed E-state index contributed by atoms with van der Waals surface area (Å²) in [6, 6.07) is 2.19. The van der Waals surface area contributed by atoms with Gasteiger partial charge in [0.05, 0.1) is 5.56 Å². The van der Waals surface area contributed by atoms with Gasteiger partial charge in [-0.25, -0.2) is 4.79 Å². The van der Waals surface area contributed by atoms with Gasteiger partial charge < -0.3 is 15.3 Å². The molecule has 0 saturated carbocycles. The number of carboxylic acid groups (broad SMARTS) is 1. The van der Waals surface area contributed by atoms with Gasteiger partial charge >= 0.3 is 5.97 Å². The van der Waals surface area contributed by atoms with E-state index < -0.39 is 12.0 Å². The number of nitrogens with zero attached hydrogens (tertiary/aromatic N) is 2. The standard InChI is InChI=1S/C12H15N3O3/c1-8-10(12(17)18)15(6-5-14-8)11(16)9-3-2-4-13-7-9/h2-4,7-8,10,14H,5-6H2,1H3,(H,17,18). The average molecular weight is 249 g/mol. The highest BCUT2D eigenvalue weighted by molar-refractivity contribution is 5.96. The summed E-state index contributed by atoms with van der Waals surface area (Å²) in [5, 5.41) is 12.3. The minimum absolute atomic E-state index is 0.267. The zero-order valence-electron chi connectivity index (χ0n) is 10.0. The van der Waals surface area contributed by atoms with Crippen molar-refractivity contribution in [2.45, 2.75) is 19.0 Å². The largest absolute Gasteiger partial charge is 0.480 e. The van der Waals surface area contributed by atoms with E-state index in [1.807, 2.05) is 0 Å². The predicted octanol–water partition coefficient (Wildman–Crippen LogP) is -0.0313. The molecule has 2 atom stereocenters. The van der Waals surface area contributed by atoms with Crippen molar-refractivity contribution in [3.05, 3.63) is 30.1 Å². The van der Waals surface area contributed by atoms with Crippen LogP contribution in [0.15, 0.2) is 24.5 Å². The van der Waals surface area contributed by atoms with Crippen molar-refractivity contribution < 1.29 is 14.7 Å². The van der Waals surface area contributed by atoms with Crippen LogP contribution in [0.25, 0.3) is 0 Å². The third-order valence-electron chi connectivity index (χ3n) is 3.05. The number of carbonyl (C=O) groups excluding carboxylic acids is 1. The minimum atomic E-state index is -0.994. The fourth-order valence-corrected chi connectivity index (χ4v) is 2.16. The highest BCUT2D eigenvalue weighted by Gasteiger charge is 2.37. The second kappa shape index (κ2) is 5.14. The van der Waals surface area contributed by atoms with Crippen molar-refractivity contribution in [1.82, 2.24) is 15.2 Å². The van der Waals surface area contributed by atoms with Crippen LogP contribution in [-0.4, -0.2) is 52.0 Å². The first-order valence-electron chi connectivity index (χ1n) is 5.78. The summed E-state index contributed by atoms with van der Waals surface area (Å²) >= 11 is 0. The second-order valence-corrected chi connectivity index (χ2v) is 4.27. The Morgan fingerprint density at radius 3 is 2.94 bits per heavy atom. The Morgan fingerprint density at radius 2 is 2.33 bits per heavy atom. The molecule has 1 aliphatic heterocycles. The second-order valence-electron chi connectivity index (χ2n) is 4.27. The SMILES string of the molecule is CC1NCCN(C(=O)c2cccnc2)C1C(=O)O. The van der Waals surface area contributed by atoms with Crippen LogP contribution in [0, 0.1) is 0 Å². The molecule has 1 aliphatic rings. The third-order valence-corrected chi connectivity index (χ3v) is 3.05. The summed E-state index contributed by atoms with van der Waals surface area (Å²) < 4.78 is 0. The number of carbonyl (C=O) groups is 2. The molecule has 2 heterocycles. The lowest BCUT2D eigenvalue weighted by atomic mass is 10.0. The summed E-state index contributed by atoms with van der Waals surface area (Å²) in [6.45, 7) is 2.74. The van der Waals surface area contributed by atoms with E-state index in [4.69, 9.17) is 0 Å². The molecule has 2 rings (SSSR count). The van der Waals surface area contributed by atoms with E-state index in [9.17, 15) is 14.7 Å². The van der Waals surface area contributed by atoms with Crippen LogP contribution in [0.4, 0.5) is 0 Å². The number of aliphatic carboxylic acids is 1. The first-order chi connectivity index (χ1) is 8.61. The van der Waals surface area contributed by atoms with Gasteiger partial charge in [-0.2, -0.15) is 0 Å². The molecule has 0 aliphatic carbocycles. The molecule has 1 saturated heterocycles. The summed E-state index contributed by atoms with van der Waals surface area (Å²) in [4.78, 5) is 28.8. The topological polar surface area (TPSA) is 82.5 Å². The molecule has 1 amide bonds. The summed E-state index contributed by atoms with van der Waals surface area (Å²) in [6.07, 6.45) is 3.03. The predicted molar refractivity (Wildman–Crippen MR) is 64.2 cm³/mol. The van der Waals surface area contributed by atoms with Gasteiger partial charge in [-0.1, -0.05) is 0 Å². The van der Waals surface area contributed by atoms with Crippen molar-refractivity contribution >= 4 is 11.9 Å². The van der Waals surface area contributed by atoms with E-state index in [1.165, 1.54) is 11.1 Å². The zero-order valence-corrected chi connectivity index (χ0v) is 10.0. The van der Waals surface area contributed by atoms with Crippen molar-refractivity contribution in [2.24, 2.45) is 0 Å². The van der Waals surface area contributed by atoms with Gasteiger partial charge in [0.2, 0.25) is 0 Å². The minimum Gasteiger partial charge on any atom is -0.480 e. The Balaban J connectivity index is 2.25. The van der Waals surface area contributed by atoms with Gasteiger partial charge in [0, 0.05) is 31.5 Å². The van der Waals surface area contributed by atoms with Gasteiger partial charge in [0.1, 0.15) is 6.04 Å². The number of hydrogen-bond acceptors (Lipinski definition) is 4. The van der Waals surface area contributed by atoms with Crippen LogP contribution in [0.5, 0.6) is 0 Å². The maximum absolute atomic E-state index is 12.3. The molecule has 0 spiro atoms. The Kier molecular flexibility index (Phi) is 3.57. The number of carboxylic acids is 1. The number of aromatic nitrogens is 1. The Labute approximate surface area is 105 Å². The molecule has 0 radical (unpaired) electrons. The van der Waals surface area contributed by atoms with Crippen LogP contribution < -0.4 is 5.32 Å². The normalized spacial score (nSPS) is 23.7. The summed E-state index contributed by atoms with van der Waals surface area (Å²) in [7, 11) is 0. The van der Waals surface area contributed by atoms with Gasteiger partial charge in [-0.15, -0.1) is 0 Å². The van der Waals surface area contributed by atoms with Crippen molar-refractivity contribution in [2.75, 3.05) is 13.1 Å². The highest BCUT2D eigenvalue weighted by Crippen LogP contribution is 2.14. The van der Waals surface area contributed by atoms with Crippen LogP contribution in [0.3, 0.4) is 0 Å². The molecular formula is C12H15N3O3. The van der Waals surface area contributed by atoms with Gasteiger partial charge in [-0.05, 0) is 19.1 Å². The van der Waals surface area contributed by atoms with E-state index in [2.05, 4.69) is 10.3 Å². The lowest BCUT2D eigenvalue weighted by Crippen LogP contribution is -2.61. The number of rotatable bonds is 2. The maximum Gasteiger partial charge on any atom is 0.328 e. The molecule has 2 N–H and O–H groups in total. The van der Waals surface area contributed by atoms with Gasteiger partial charge in [-0.3, -0.25) is 9.78 Å². The highest BCUT2D eigenvalue weighted by atomic mass is 16.4. The molecule has 96 valence electrons. The molecule has 2 unspecified atom stereocenters. The fraction of sp³-hybridized carbons (Fsp3) is 0.417. The fourth-order valence-electron chi connectivity index (χ4n) is 2.16. The molecule has 18 heavy (non-hydrogen) atoms. The average Bonchev–Trinajstić information content (AvgIpc) is 2.38. The molecule has 6 nitrogen and oxygen atoms in total. The zero-order chi connectivity index (χ0) is 13.1. The number of amides is 1. The Morgan fingerprint density at radius 1 is 1.56 bits per heavy atom. The van der Waals surface area contributed by atoms with Crippen molar-refractivity contribution in [1.29, 1.82) is 0 Å². The van der Waals surface area contributed by atoms with Crippen LogP contribution in [0.1, 0.15) is 17.3 Å². The van der Waals surface area contributed by atoms with Crippen molar-refractivity contribution in [3.8, 4) is 0 Å². The number of piperazine rings is 1. The Hall–Kier alpha value is -1.95. The van der Waals surface area contributed by atoms with E-state index in [0.29, 0.717) is 18.7 Å². The van der Waals surface area contributed by atoms with Crippen LogP contribution >= 0.6 is 0 Å². The van der Waals surface area contributed by atoms with Crippen molar-refractivity contribution in [3.63, 3.8) is 0 Å². The lowest BCUT2D eigenvalue weighted by molar-refractivity contribution is -0.144. The third kappa shape index (κ3) is 2.33.